The predicted molar refractivity (Wildman–Crippen MR) is 51.5 cm³/mol. The molecule has 70 valence electrons. The number of rotatable bonds is 3. The number of aliphatic hydroxyl groups excluding tert-OH is 1. The number of hydrogen-bond donors (Lipinski definition) is 1. The van der Waals surface area contributed by atoms with Gasteiger partial charge >= 0.3 is 0 Å². The maximum atomic E-state index is 9.34. The molecule has 12 heavy (non-hydrogen) atoms. The Bertz CT molecular complexity index is 149. The molecule has 0 saturated carbocycles. The topological polar surface area (TPSA) is 23.5 Å². The standard InChI is InChI=1S/C9H16ClNO/c10-5-1-2-6-11-7-3-4-9(12)8-11/h1-2,9,12H,3-8H2. The molecular weight excluding hydrogens is 174 g/mol. The van der Waals surface area contributed by atoms with Gasteiger partial charge in [0.15, 0.2) is 0 Å². The molecule has 1 N–H and O–H groups in total. The van der Waals surface area contributed by atoms with Gasteiger partial charge in [-0.2, -0.15) is 0 Å². The Hall–Kier alpha value is -0.0500. The molecule has 0 aromatic heterocycles. The third-order valence-corrected chi connectivity index (χ3v) is 2.28. The van der Waals surface area contributed by atoms with Gasteiger partial charge < -0.3 is 5.11 Å². The first-order valence-electron chi connectivity index (χ1n) is 4.44. The maximum Gasteiger partial charge on any atom is 0.0667 e. The molecule has 0 aliphatic carbocycles. The lowest BCUT2D eigenvalue weighted by Crippen LogP contribution is -2.38. The average molecular weight is 190 g/mol. The van der Waals surface area contributed by atoms with Crippen LogP contribution in [0.3, 0.4) is 0 Å². The van der Waals surface area contributed by atoms with Gasteiger partial charge in [-0.1, -0.05) is 12.2 Å². The molecule has 0 radical (unpaired) electrons. The van der Waals surface area contributed by atoms with Crippen LogP contribution in [0, 0.1) is 0 Å². The van der Waals surface area contributed by atoms with Crippen molar-refractivity contribution in [1.29, 1.82) is 0 Å². The van der Waals surface area contributed by atoms with E-state index in [-0.39, 0.29) is 6.10 Å². The molecule has 0 bridgehead atoms. The third-order valence-electron chi connectivity index (χ3n) is 2.10. The van der Waals surface area contributed by atoms with Crippen molar-refractivity contribution in [3.8, 4) is 0 Å². The monoisotopic (exact) mass is 189 g/mol. The van der Waals surface area contributed by atoms with Crippen LogP contribution in [0.15, 0.2) is 12.2 Å². The molecule has 0 amide bonds. The molecular formula is C9H16ClNO. The summed E-state index contributed by atoms with van der Waals surface area (Å²) in [5, 5.41) is 9.34. The first-order valence-corrected chi connectivity index (χ1v) is 4.97. The van der Waals surface area contributed by atoms with Gasteiger partial charge in [0, 0.05) is 19.0 Å². The van der Waals surface area contributed by atoms with Gasteiger partial charge in [-0.05, 0) is 19.4 Å². The largest absolute Gasteiger partial charge is 0.392 e. The summed E-state index contributed by atoms with van der Waals surface area (Å²) in [6.45, 7) is 2.83. The molecule has 1 fully saturated rings. The number of β-amino-alcohol motifs (C(OH)–C–C–N with tert-alkyl or cyclic N) is 1. The molecule has 0 aromatic rings. The number of hydrogen-bond acceptors (Lipinski definition) is 2. The van der Waals surface area contributed by atoms with Crippen LogP contribution in [0.25, 0.3) is 0 Å². The lowest BCUT2D eigenvalue weighted by atomic mass is 10.1. The van der Waals surface area contributed by atoms with Crippen molar-refractivity contribution in [2.75, 3.05) is 25.5 Å². The van der Waals surface area contributed by atoms with E-state index in [1.165, 1.54) is 0 Å². The second kappa shape index (κ2) is 5.57. The van der Waals surface area contributed by atoms with Crippen LogP contribution in [0.2, 0.25) is 0 Å². The fourth-order valence-electron chi connectivity index (χ4n) is 1.48. The Morgan fingerprint density at radius 2 is 2.33 bits per heavy atom. The fraction of sp³-hybridized carbons (Fsp3) is 0.778. The Morgan fingerprint density at radius 1 is 1.50 bits per heavy atom. The summed E-state index contributed by atoms with van der Waals surface area (Å²) in [5.41, 5.74) is 0. The minimum absolute atomic E-state index is 0.122. The van der Waals surface area contributed by atoms with Crippen LogP contribution < -0.4 is 0 Å². The summed E-state index contributed by atoms with van der Waals surface area (Å²) in [6, 6.07) is 0. The Kier molecular flexibility index (Phi) is 4.66. The van der Waals surface area contributed by atoms with Crippen LogP contribution in [-0.2, 0) is 0 Å². The van der Waals surface area contributed by atoms with E-state index < -0.39 is 0 Å². The fourth-order valence-corrected chi connectivity index (χ4v) is 1.61. The Balaban J connectivity index is 2.18. The molecule has 0 spiro atoms. The number of aliphatic hydroxyl groups is 1. The number of likely N-dealkylation sites (tertiary alicyclic amines) is 1. The smallest absolute Gasteiger partial charge is 0.0667 e. The van der Waals surface area contributed by atoms with Crippen molar-refractivity contribution in [3.63, 3.8) is 0 Å². The molecule has 3 heteroatoms. The summed E-state index contributed by atoms with van der Waals surface area (Å²) >= 11 is 5.49. The van der Waals surface area contributed by atoms with E-state index in [2.05, 4.69) is 11.0 Å². The molecule has 1 heterocycles. The van der Waals surface area contributed by atoms with Gasteiger partial charge in [0.2, 0.25) is 0 Å². The van der Waals surface area contributed by atoms with Gasteiger partial charge in [-0.25, -0.2) is 0 Å². The summed E-state index contributed by atoms with van der Waals surface area (Å²) in [6.07, 6.45) is 5.95. The summed E-state index contributed by atoms with van der Waals surface area (Å²) < 4.78 is 0. The third kappa shape index (κ3) is 3.57. The van der Waals surface area contributed by atoms with E-state index in [0.29, 0.717) is 5.88 Å². The number of nitrogens with zero attached hydrogens (tertiary/aromatic N) is 1. The van der Waals surface area contributed by atoms with Gasteiger partial charge in [0.25, 0.3) is 0 Å². The highest BCUT2D eigenvalue weighted by molar-refractivity contribution is 6.18. The summed E-state index contributed by atoms with van der Waals surface area (Å²) in [4.78, 5) is 2.25. The van der Waals surface area contributed by atoms with Crippen LogP contribution in [0.5, 0.6) is 0 Å². The van der Waals surface area contributed by atoms with Crippen molar-refractivity contribution >= 4 is 11.6 Å². The van der Waals surface area contributed by atoms with E-state index in [1.807, 2.05) is 6.08 Å². The van der Waals surface area contributed by atoms with Crippen molar-refractivity contribution in [2.24, 2.45) is 0 Å². The SMILES string of the molecule is OC1CCCN(CC=CCCl)C1. The van der Waals surface area contributed by atoms with Crippen molar-refractivity contribution in [2.45, 2.75) is 18.9 Å². The van der Waals surface area contributed by atoms with Gasteiger partial charge in [0.05, 0.1) is 6.10 Å². The predicted octanol–water partition coefficient (Wildman–Crippen LogP) is 1.24. The van der Waals surface area contributed by atoms with Gasteiger partial charge in [-0.15, -0.1) is 11.6 Å². The molecule has 0 aromatic carbocycles. The Morgan fingerprint density at radius 3 is 3.00 bits per heavy atom. The van der Waals surface area contributed by atoms with Gasteiger partial charge in [-0.3, -0.25) is 4.90 Å². The zero-order chi connectivity index (χ0) is 8.81. The lowest BCUT2D eigenvalue weighted by molar-refractivity contribution is 0.0770. The highest BCUT2D eigenvalue weighted by Crippen LogP contribution is 2.08. The molecule has 1 rings (SSSR count). The Labute approximate surface area is 78.8 Å². The highest BCUT2D eigenvalue weighted by Gasteiger charge is 2.15. The minimum Gasteiger partial charge on any atom is -0.392 e. The summed E-state index contributed by atoms with van der Waals surface area (Å²) in [5.74, 6) is 0.580. The maximum absolute atomic E-state index is 9.34. The first-order chi connectivity index (χ1) is 5.83. The normalized spacial score (nSPS) is 26.7. The van der Waals surface area contributed by atoms with Crippen LogP contribution in [0.1, 0.15) is 12.8 Å². The van der Waals surface area contributed by atoms with E-state index in [1.54, 1.807) is 0 Å². The van der Waals surface area contributed by atoms with E-state index in [4.69, 9.17) is 11.6 Å². The van der Waals surface area contributed by atoms with E-state index in [0.717, 1.165) is 32.5 Å². The first kappa shape index (κ1) is 10.0. The van der Waals surface area contributed by atoms with Crippen LogP contribution >= 0.6 is 11.6 Å². The van der Waals surface area contributed by atoms with Crippen LogP contribution in [0.4, 0.5) is 0 Å². The highest BCUT2D eigenvalue weighted by atomic mass is 35.5. The van der Waals surface area contributed by atoms with Crippen molar-refractivity contribution < 1.29 is 5.11 Å². The second-order valence-electron chi connectivity index (χ2n) is 3.18. The minimum atomic E-state index is -0.122. The van der Waals surface area contributed by atoms with E-state index >= 15 is 0 Å². The number of allylic oxidation sites excluding steroid dienone is 1. The van der Waals surface area contributed by atoms with Gasteiger partial charge in [0.1, 0.15) is 0 Å². The van der Waals surface area contributed by atoms with Crippen molar-refractivity contribution in [3.05, 3.63) is 12.2 Å². The summed E-state index contributed by atoms with van der Waals surface area (Å²) in [7, 11) is 0. The van der Waals surface area contributed by atoms with Crippen LogP contribution in [-0.4, -0.2) is 41.6 Å². The number of halogens is 1. The number of alkyl halides is 1. The number of piperidine rings is 1. The quantitative estimate of drug-likeness (QED) is 0.534. The lowest BCUT2D eigenvalue weighted by Gasteiger charge is -2.28. The molecule has 1 aliphatic rings. The average Bonchev–Trinajstić information content (AvgIpc) is 2.05. The van der Waals surface area contributed by atoms with E-state index in [9.17, 15) is 5.11 Å². The van der Waals surface area contributed by atoms with Crippen molar-refractivity contribution in [1.82, 2.24) is 4.90 Å². The molecule has 1 atom stereocenters. The second-order valence-corrected chi connectivity index (χ2v) is 3.49. The zero-order valence-electron chi connectivity index (χ0n) is 7.25. The molecule has 2 nitrogen and oxygen atoms in total. The molecule has 1 saturated heterocycles. The molecule has 1 unspecified atom stereocenters. The molecule has 1 aliphatic heterocycles. The zero-order valence-corrected chi connectivity index (χ0v) is 8.00.